The lowest BCUT2D eigenvalue weighted by molar-refractivity contribution is -0.141. The summed E-state index contributed by atoms with van der Waals surface area (Å²) in [5.74, 6) is -2.26. The first kappa shape index (κ1) is 23.2. The monoisotopic (exact) mass is 376 g/mol. The Morgan fingerprint density at radius 2 is 1.80 bits per heavy atom. The summed E-state index contributed by atoms with van der Waals surface area (Å²) in [6.45, 7) is 3.06. The molecule has 0 saturated carbocycles. The maximum Gasteiger partial charge on any atom is 0.326 e. The Kier molecular flexibility index (Phi) is 11.6. The minimum absolute atomic E-state index is 0.146. The molecule has 6 N–H and O–H groups in total. The number of amides is 3. The van der Waals surface area contributed by atoms with Crippen LogP contribution in [0.15, 0.2) is 0 Å². The van der Waals surface area contributed by atoms with Crippen LogP contribution in [-0.4, -0.2) is 66.0 Å². The maximum atomic E-state index is 12.2. The summed E-state index contributed by atoms with van der Waals surface area (Å²) < 4.78 is 0. The van der Waals surface area contributed by atoms with Crippen LogP contribution in [0.5, 0.6) is 0 Å². The first-order valence-corrected chi connectivity index (χ1v) is 9.44. The number of nitrogens with two attached hydrogens (primary N) is 1. The van der Waals surface area contributed by atoms with E-state index in [1.165, 1.54) is 11.8 Å². The van der Waals surface area contributed by atoms with Gasteiger partial charge in [-0.3, -0.25) is 14.4 Å². The Balaban J connectivity index is 4.62. The molecule has 0 aromatic rings. The fourth-order valence-corrected chi connectivity index (χ4v) is 2.42. The maximum absolute atomic E-state index is 12.2. The third kappa shape index (κ3) is 9.30. The highest BCUT2D eigenvalue weighted by atomic mass is 32.2. The van der Waals surface area contributed by atoms with Crippen LogP contribution in [-0.2, 0) is 19.2 Å². The van der Waals surface area contributed by atoms with E-state index in [4.69, 9.17) is 10.8 Å². The Hall–Kier alpha value is -1.81. The van der Waals surface area contributed by atoms with Crippen LogP contribution in [0.4, 0.5) is 0 Å². The van der Waals surface area contributed by atoms with E-state index >= 15 is 0 Å². The van der Waals surface area contributed by atoms with E-state index in [1.54, 1.807) is 6.92 Å². The number of hydrogen-bond acceptors (Lipinski definition) is 6. The SMILES string of the molecule is CCC(C)C(NC(=O)CN)C(=O)NCC(=O)NC(CCSC)C(=O)O. The van der Waals surface area contributed by atoms with E-state index in [0.29, 0.717) is 12.2 Å². The average Bonchev–Trinajstić information content (AvgIpc) is 2.59. The number of hydrogen-bond donors (Lipinski definition) is 5. The highest BCUT2D eigenvalue weighted by molar-refractivity contribution is 7.98. The van der Waals surface area contributed by atoms with Crippen LogP contribution in [0, 0.1) is 5.92 Å². The van der Waals surface area contributed by atoms with Gasteiger partial charge in [-0.05, 0) is 24.3 Å². The molecule has 0 aromatic carbocycles. The van der Waals surface area contributed by atoms with Crippen molar-refractivity contribution in [2.24, 2.45) is 11.7 Å². The molecule has 0 aromatic heterocycles. The van der Waals surface area contributed by atoms with E-state index in [9.17, 15) is 19.2 Å². The minimum atomic E-state index is -1.12. The Morgan fingerprint density at radius 3 is 2.28 bits per heavy atom. The quantitative estimate of drug-likeness (QED) is 0.290. The molecule has 0 saturated heterocycles. The summed E-state index contributed by atoms with van der Waals surface area (Å²) in [7, 11) is 0. The molecule has 25 heavy (non-hydrogen) atoms. The zero-order valence-corrected chi connectivity index (χ0v) is 15.6. The van der Waals surface area contributed by atoms with Gasteiger partial charge >= 0.3 is 5.97 Å². The standard InChI is InChI=1S/C15H28N4O5S/c1-4-9(2)13(19-11(20)7-16)14(22)17-8-12(21)18-10(15(23)24)5-6-25-3/h9-10,13H,4-8,16H2,1-3H3,(H,17,22)(H,18,21)(H,19,20)(H,23,24). The fraction of sp³-hybridized carbons (Fsp3) is 0.733. The van der Waals surface area contributed by atoms with Gasteiger partial charge in [0.15, 0.2) is 0 Å². The van der Waals surface area contributed by atoms with Crippen molar-refractivity contribution in [1.82, 2.24) is 16.0 Å². The van der Waals surface area contributed by atoms with Crippen LogP contribution >= 0.6 is 11.8 Å². The van der Waals surface area contributed by atoms with Gasteiger partial charge in [-0.15, -0.1) is 0 Å². The van der Waals surface area contributed by atoms with Crippen molar-refractivity contribution in [3.8, 4) is 0 Å². The van der Waals surface area contributed by atoms with E-state index in [0.717, 1.165) is 0 Å². The van der Waals surface area contributed by atoms with Gasteiger partial charge in [-0.1, -0.05) is 20.3 Å². The van der Waals surface area contributed by atoms with Crippen LogP contribution in [0.25, 0.3) is 0 Å². The summed E-state index contributed by atoms with van der Waals surface area (Å²) in [6.07, 6.45) is 2.77. The molecule has 0 spiro atoms. The molecule has 3 unspecified atom stereocenters. The van der Waals surface area contributed by atoms with Gasteiger partial charge in [0.1, 0.15) is 12.1 Å². The van der Waals surface area contributed by atoms with E-state index in [2.05, 4.69) is 16.0 Å². The summed E-state index contributed by atoms with van der Waals surface area (Å²) in [5.41, 5.74) is 5.24. The lowest BCUT2D eigenvalue weighted by Gasteiger charge is -2.23. The lowest BCUT2D eigenvalue weighted by atomic mass is 9.98. The molecular formula is C15H28N4O5S. The van der Waals surface area contributed by atoms with Crippen molar-refractivity contribution in [3.63, 3.8) is 0 Å². The molecule has 0 rings (SSSR count). The highest BCUT2D eigenvalue weighted by Gasteiger charge is 2.26. The molecular weight excluding hydrogens is 348 g/mol. The van der Waals surface area contributed by atoms with Crippen molar-refractivity contribution < 1.29 is 24.3 Å². The first-order chi connectivity index (χ1) is 11.8. The molecule has 10 heteroatoms. The van der Waals surface area contributed by atoms with Gasteiger partial charge in [0, 0.05) is 0 Å². The van der Waals surface area contributed by atoms with Crippen LogP contribution in [0.2, 0.25) is 0 Å². The summed E-state index contributed by atoms with van der Waals surface area (Å²) in [4.78, 5) is 46.6. The van der Waals surface area contributed by atoms with Gasteiger partial charge < -0.3 is 26.8 Å². The van der Waals surface area contributed by atoms with Gasteiger partial charge in [0.2, 0.25) is 17.7 Å². The topological polar surface area (TPSA) is 151 Å². The van der Waals surface area contributed by atoms with Crippen LogP contribution in [0.1, 0.15) is 26.7 Å². The number of carbonyl (C=O) groups is 4. The second kappa shape index (κ2) is 12.5. The van der Waals surface area contributed by atoms with Crippen molar-refractivity contribution in [2.75, 3.05) is 25.1 Å². The molecule has 3 atom stereocenters. The molecule has 0 aliphatic rings. The summed E-state index contributed by atoms with van der Waals surface area (Å²) in [5, 5.41) is 16.4. The Bertz CT molecular complexity index is 475. The number of carboxylic acid groups (broad SMARTS) is 1. The van der Waals surface area contributed by atoms with Gasteiger partial charge in [0.05, 0.1) is 13.1 Å². The largest absolute Gasteiger partial charge is 0.480 e. The van der Waals surface area contributed by atoms with Crippen LogP contribution < -0.4 is 21.7 Å². The number of carboxylic acids is 1. The average molecular weight is 376 g/mol. The number of aliphatic carboxylic acids is 1. The molecule has 0 radical (unpaired) electrons. The Labute approximate surface area is 151 Å². The molecule has 0 bridgehead atoms. The van der Waals surface area contributed by atoms with Gasteiger partial charge in [-0.25, -0.2) is 4.79 Å². The van der Waals surface area contributed by atoms with Crippen molar-refractivity contribution in [3.05, 3.63) is 0 Å². The van der Waals surface area contributed by atoms with Crippen LogP contribution in [0.3, 0.4) is 0 Å². The van der Waals surface area contributed by atoms with E-state index < -0.39 is 35.8 Å². The zero-order chi connectivity index (χ0) is 19.4. The summed E-state index contributed by atoms with van der Waals surface area (Å²) in [6, 6.07) is -1.81. The van der Waals surface area contributed by atoms with Crippen molar-refractivity contribution in [2.45, 2.75) is 38.8 Å². The predicted molar refractivity (Wildman–Crippen MR) is 96.0 cm³/mol. The molecule has 3 amide bonds. The molecule has 0 heterocycles. The zero-order valence-electron chi connectivity index (χ0n) is 14.8. The summed E-state index contributed by atoms with van der Waals surface area (Å²) >= 11 is 1.48. The first-order valence-electron chi connectivity index (χ1n) is 8.04. The number of carbonyl (C=O) groups excluding carboxylic acids is 3. The molecule has 0 aliphatic carbocycles. The third-order valence-corrected chi connectivity index (χ3v) is 4.31. The lowest BCUT2D eigenvalue weighted by Crippen LogP contribution is -2.53. The minimum Gasteiger partial charge on any atom is -0.480 e. The van der Waals surface area contributed by atoms with E-state index in [1.807, 2.05) is 13.2 Å². The third-order valence-electron chi connectivity index (χ3n) is 3.66. The molecule has 144 valence electrons. The molecule has 9 nitrogen and oxygen atoms in total. The number of rotatable bonds is 12. The fourth-order valence-electron chi connectivity index (χ4n) is 1.95. The Morgan fingerprint density at radius 1 is 1.16 bits per heavy atom. The predicted octanol–water partition coefficient (Wildman–Crippen LogP) is -1.09. The normalized spacial score (nSPS) is 14.1. The smallest absolute Gasteiger partial charge is 0.326 e. The van der Waals surface area contributed by atoms with Crippen molar-refractivity contribution in [1.29, 1.82) is 0 Å². The second-order valence-electron chi connectivity index (χ2n) is 5.59. The van der Waals surface area contributed by atoms with Gasteiger partial charge in [-0.2, -0.15) is 11.8 Å². The molecule has 0 fully saturated rings. The van der Waals surface area contributed by atoms with Gasteiger partial charge in [0.25, 0.3) is 0 Å². The number of thioether (sulfide) groups is 1. The number of nitrogens with one attached hydrogen (secondary N) is 3. The second-order valence-corrected chi connectivity index (χ2v) is 6.58. The molecule has 0 aliphatic heterocycles. The van der Waals surface area contributed by atoms with E-state index in [-0.39, 0.29) is 25.4 Å². The highest BCUT2D eigenvalue weighted by Crippen LogP contribution is 2.07. The van der Waals surface area contributed by atoms with Crippen molar-refractivity contribution >= 4 is 35.5 Å².